The van der Waals surface area contributed by atoms with Gasteiger partial charge >= 0.3 is 0 Å². The second-order valence-corrected chi connectivity index (χ2v) is 6.40. The van der Waals surface area contributed by atoms with Crippen LogP contribution in [0.2, 0.25) is 0 Å². The van der Waals surface area contributed by atoms with Crippen molar-refractivity contribution in [2.45, 2.75) is 23.8 Å². The minimum atomic E-state index is -3.66. The maximum absolute atomic E-state index is 12.1. The zero-order valence-electron chi connectivity index (χ0n) is 11.1. The van der Waals surface area contributed by atoms with Crippen molar-refractivity contribution >= 4 is 16.2 Å². The normalized spacial score (nSPS) is 18.4. The van der Waals surface area contributed by atoms with Crippen LogP contribution in [0.25, 0.3) is 6.08 Å². The number of hydrogen-bond acceptors (Lipinski definition) is 4. The van der Waals surface area contributed by atoms with Crippen LogP contribution in [0.4, 0.5) is 0 Å². The molecule has 0 aliphatic carbocycles. The Kier molecular flexibility index (Phi) is 4.39. The van der Waals surface area contributed by atoms with E-state index in [-0.39, 0.29) is 11.0 Å². The molecule has 0 amide bonds. The Morgan fingerprint density at radius 2 is 1.84 bits per heavy atom. The Bertz CT molecular complexity index is 528. The zero-order valence-corrected chi connectivity index (χ0v) is 11.9. The molecule has 0 atom stereocenters. The molecule has 19 heavy (non-hydrogen) atoms. The number of nitrogens with zero attached hydrogens (tertiary/aromatic N) is 1. The molecule has 104 valence electrons. The van der Waals surface area contributed by atoms with Gasteiger partial charge in [-0.05, 0) is 37.6 Å². The quantitative estimate of drug-likeness (QED) is 0.793. The predicted molar refractivity (Wildman–Crippen MR) is 75.3 cm³/mol. The van der Waals surface area contributed by atoms with Crippen LogP contribution in [0, 0.1) is 0 Å². The Labute approximate surface area is 114 Å². The van der Waals surface area contributed by atoms with Crippen molar-refractivity contribution in [1.29, 1.82) is 0 Å². The van der Waals surface area contributed by atoms with Crippen molar-refractivity contribution in [2.75, 3.05) is 20.1 Å². The molecular formula is C14H19NO3S. The molecule has 0 radical (unpaired) electrons. The molecule has 0 unspecified atom stereocenters. The van der Waals surface area contributed by atoms with Crippen LogP contribution in [0.5, 0.6) is 0 Å². The van der Waals surface area contributed by atoms with Gasteiger partial charge in [-0.1, -0.05) is 24.8 Å². The third-order valence-electron chi connectivity index (χ3n) is 3.33. The molecule has 0 N–H and O–H groups in total. The lowest BCUT2D eigenvalue weighted by atomic mass is 10.1. The van der Waals surface area contributed by atoms with E-state index in [9.17, 15) is 8.42 Å². The van der Waals surface area contributed by atoms with Crippen LogP contribution in [-0.4, -0.2) is 39.6 Å². The van der Waals surface area contributed by atoms with Crippen molar-refractivity contribution in [3.8, 4) is 0 Å². The van der Waals surface area contributed by atoms with Crippen LogP contribution in [-0.2, 0) is 14.3 Å². The van der Waals surface area contributed by atoms with Gasteiger partial charge in [-0.25, -0.2) is 0 Å². The summed E-state index contributed by atoms with van der Waals surface area (Å²) >= 11 is 0. The van der Waals surface area contributed by atoms with E-state index in [1.54, 1.807) is 30.3 Å². The van der Waals surface area contributed by atoms with Crippen molar-refractivity contribution in [3.63, 3.8) is 0 Å². The van der Waals surface area contributed by atoms with Gasteiger partial charge in [0.15, 0.2) is 0 Å². The second kappa shape index (κ2) is 5.86. The molecule has 5 heteroatoms. The number of benzene rings is 1. The van der Waals surface area contributed by atoms with Gasteiger partial charge in [0.25, 0.3) is 10.1 Å². The molecule has 1 aliphatic rings. The molecule has 0 aromatic heterocycles. The minimum Gasteiger partial charge on any atom is -0.306 e. The fourth-order valence-corrected chi connectivity index (χ4v) is 3.22. The van der Waals surface area contributed by atoms with E-state index in [1.807, 2.05) is 7.05 Å². The van der Waals surface area contributed by atoms with Crippen LogP contribution in [0.1, 0.15) is 18.4 Å². The highest BCUT2D eigenvalue weighted by Crippen LogP contribution is 2.20. The summed E-state index contributed by atoms with van der Waals surface area (Å²) in [5, 5.41) is 0. The third kappa shape index (κ3) is 3.65. The molecular weight excluding hydrogens is 262 g/mol. The Morgan fingerprint density at radius 3 is 2.37 bits per heavy atom. The average molecular weight is 281 g/mol. The van der Waals surface area contributed by atoms with Crippen molar-refractivity contribution < 1.29 is 12.6 Å². The summed E-state index contributed by atoms with van der Waals surface area (Å²) in [4.78, 5) is 2.38. The van der Waals surface area contributed by atoms with E-state index < -0.39 is 10.1 Å². The summed E-state index contributed by atoms with van der Waals surface area (Å²) in [6.07, 6.45) is 2.97. The van der Waals surface area contributed by atoms with E-state index in [2.05, 4.69) is 11.5 Å². The lowest BCUT2D eigenvalue weighted by Crippen LogP contribution is -2.35. The van der Waals surface area contributed by atoms with E-state index in [0.717, 1.165) is 31.5 Å². The molecule has 0 saturated carbocycles. The Hall–Kier alpha value is -1.17. The van der Waals surface area contributed by atoms with Gasteiger partial charge in [0.1, 0.15) is 0 Å². The van der Waals surface area contributed by atoms with Crippen molar-refractivity contribution in [2.24, 2.45) is 0 Å². The molecule has 1 aromatic rings. The Morgan fingerprint density at radius 1 is 1.26 bits per heavy atom. The minimum absolute atomic E-state index is 0.206. The first-order chi connectivity index (χ1) is 9.01. The molecule has 0 bridgehead atoms. The van der Waals surface area contributed by atoms with E-state index in [0.29, 0.717) is 0 Å². The SMILES string of the molecule is C=Cc1ccc(S(=O)(=O)OC2CCN(C)CC2)cc1. The van der Waals surface area contributed by atoms with E-state index in [4.69, 9.17) is 4.18 Å². The topological polar surface area (TPSA) is 46.6 Å². The molecule has 0 spiro atoms. The highest BCUT2D eigenvalue weighted by molar-refractivity contribution is 7.86. The van der Waals surface area contributed by atoms with Crippen LogP contribution in [0.3, 0.4) is 0 Å². The van der Waals surface area contributed by atoms with Gasteiger partial charge in [0.05, 0.1) is 11.0 Å². The number of hydrogen-bond donors (Lipinski definition) is 0. The van der Waals surface area contributed by atoms with Gasteiger partial charge in [0.2, 0.25) is 0 Å². The molecule has 4 nitrogen and oxygen atoms in total. The van der Waals surface area contributed by atoms with Crippen LogP contribution in [0.15, 0.2) is 35.7 Å². The largest absolute Gasteiger partial charge is 0.306 e. The lowest BCUT2D eigenvalue weighted by molar-refractivity contribution is 0.120. The summed E-state index contributed by atoms with van der Waals surface area (Å²) in [5.41, 5.74) is 0.887. The monoisotopic (exact) mass is 281 g/mol. The summed E-state index contributed by atoms with van der Waals surface area (Å²) in [5.74, 6) is 0. The number of rotatable bonds is 4. The second-order valence-electron chi connectivity index (χ2n) is 4.83. The van der Waals surface area contributed by atoms with Crippen molar-refractivity contribution in [3.05, 3.63) is 36.4 Å². The van der Waals surface area contributed by atoms with Crippen LogP contribution < -0.4 is 0 Å². The maximum atomic E-state index is 12.1. The van der Waals surface area contributed by atoms with Crippen molar-refractivity contribution in [1.82, 2.24) is 4.90 Å². The molecule has 1 aliphatic heterocycles. The van der Waals surface area contributed by atoms with Gasteiger partial charge in [-0.15, -0.1) is 0 Å². The van der Waals surface area contributed by atoms with Gasteiger partial charge in [-0.2, -0.15) is 8.42 Å². The third-order valence-corrected chi connectivity index (χ3v) is 4.71. The zero-order chi connectivity index (χ0) is 13.9. The highest BCUT2D eigenvalue weighted by Gasteiger charge is 2.24. The lowest BCUT2D eigenvalue weighted by Gasteiger charge is -2.28. The summed E-state index contributed by atoms with van der Waals surface area (Å²) in [6.45, 7) is 5.38. The highest BCUT2D eigenvalue weighted by atomic mass is 32.2. The van der Waals surface area contributed by atoms with Gasteiger partial charge < -0.3 is 4.90 Å². The molecule has 2 rings (SSSR count). The standard InChI is InChI=1S/C14H19NO3S/c1-3-12-4-6-14(7-5-12)19(16,17)18-13-8-10-15(2)11-9-13/h3-7,13H,1,8-11H2,2H3. The first kappa shape index (κ1) is 14.2. The molecule has 1 saturated heterocycles. The summed E-state index contributed by atoms with van der Waals surface area (Å²) in [6, 6.07) is 6.55. The number of piperidine rings is 1. The first-order valence-electron chi connectivity index (χ1n) is 6.35. The molecule has 1 aromatic carbocycles. The molecule has 1 fully saturated rings. The maximum Gasteiger partial charge on any atom is 0.297 e. The summed E-state index contributed by atoms with van der Waals surface area (Å²) in [7, 11) is -1.63. The van der Waals surface area contributed by atoms with Gasteiger partial charge in [-0.3, -0.25) is 4.18 Å². The van der Waals surface area contributed by atoms with E-state index in [1.165, 1.54) is 0 Å². The number of likely N-dealkylation sites (tertiary alicyclic amines) is 1. The Balaban J connectivity index is 2.07. The fourth-order valence-electron chi connectivity index (χ4n) is 2.09. The van der Waals surface area contributed by atoms with Gasteiger partial charge in [0, 0.05) is 13.1 Å². The van der Waals surface area contributed by atoms with Crippen LogP contribution >= 0.6 is 0 Å². The average Bonchev–Trinajstić information content (AvgIpc) is 2.41. The first-order valence-corrected chi connectivity index (χ1v) is 7.76. The smallest absolute Gasteiger partial charge is 0.297 e. The summed E-state index contributed by atoms with van der Waals surface area (Å²) < 4.78 is 29.5. The van der Waals surface area contributed by atoms with E-state index >= 15 is 0 Å². The predicted octanol–water partition coefficient (Wildman–Crippen LogP) is 2.13. The molecule has 1 heterocycles. The fraction of sp³-hybridized carbons (Fsp3) is 0.429.